The fourth-order valence-electron chi connectivity index (χ4n) is 5.17. The van der Waals surface area contributed by atoms with Crippen molar-refractivity contribution in [3.05, 3.63) is 53.7 Å². The third-order valence-corrected chi connectivity index (χ3v) is 6.64. The van der Waals surface area contributed by atoms with Crippen molar-refractivity contribution < 1.29 is 13.9 Å². The van der Waals surface area contributed by atoms with Gasteiger partial charge in [0.25, 0.3) is 0 Å². The zero-order valence-corrected chi connectivity index (χ0v) is 18.5. The fraction of sp³-hybridized carbons (Fsp3) is 0.478. The van der Waals surface area contributed by atoms with E-state index in [1.807, 2.05) is 11.0 Å². The molecular weight excluding hydrogens is 411 g/mol. The first-order chi connectivity index (χ1) is 15.5. The van der Waals surface area contributed by atoms with Crippen molar-refractivity contribution in [1.82, 2.24) is 24.7 Å². The van der Waals surface area contributed by atoms with E-state index in [0.717, 1.165) is 35.7 Å². The highest BCUT2D eigenvalue weighted by molar-refractivity contribution is 5.78. The van der Waals surface area contributed by atoms with Crippen LogP contribution in [-0.2, 0) is 9.53 Å². The lowest BCUT2D eigenvalue weighted by Gasteiger charge is -2.30. The summed E-state index contributed by atoms with van der Waals surface area (Å²) in [5.41, 5.74) is 3.53. The number of hydrogen-bond donors (Lipinski definition) is 0. The van der Waals surface area contributed by atoms with Crippen LogP contribution in [0.4, 0.5) is 10.1 Å². The maximum atomic E-state index is 14.1. The third-order valence-electron chi connectivity index (χ3n) is 6.64. The van der Waals surface area contributed by atoms with Crippen molar-refractivity contribution >= 4 is 17.2 Å². The monoisotopic (exact) mass is 438 g/mol. The number of ether oxygens (including phenoxy) is 1. The number of fused-ring (bicyclic) bond motifs is 2. The number of carbonyl (C=O) groups excluding carboxylic acids is 1. The molecule has 0 spiro atoms. The molecule has 0 bridgehead atoms. The minimum atomic E-state index is -0.291. The lowest BCUT2D eigenvalue weighted by molar-refractivity contribution is -0.136. The first kappa shape index (κ1) is 20.8. The number of methoxy groups -OCH3 is 1. The van der Waals surface area contributed by atoms with Gasteiger partial charge in [-0.25, -0.2) is 4.39 Å². The molecule has 8 nitrogen and oxygen atoms in total. The summed E-state index contributed by atoms with van der Waals surface area (Å²) in [6, 6.07) is 8.50. The average Bonchev–Trinajstić information content (AvgIpc) is 3.47. The predicted octanol–water partition coefficient (Wildman–Crippen LogP) is 2.67. The molecule has 0 unspecified atom stereocenters. The highest BCUT2D eigenvalue weighted by Gasteiger charge is 2.49. The van der Waals surface area contributed by atoms with Crippen LogP contribution in [0, 0.1) is 17.7 Å². The van der Waals surface area contributed by atoms with Gasteiger partial charge in [-0.1, -0.05) is 26.0 Å². The maximum Gasteiger partial charge on any atom is 0.249 e. The molecule has 0 saturated carbocycles. The molecule has 3 aromatic rings. The van der Waals surface area contributed by atoms with Crippen LogP contribution in [0.1, 0.15) is 37.1 Å². The molecule has 32 heavy (non-hydrogen) atoms. The Hall–Kier alpha value is -3.07. The SMILES string of the molecule is COCC(=O)N1C[C@H]2CN(c3cc(C(C)C)nn4cnnc34)C[C@H]2[C@@H]1c1cccc(F)c1. The molecular formula is C23H27FN6O2. The van der Waals surface area contributed by atoms with E-state index in [1.54, 1.807) is 23.0 Å². The summed E-state index contributed by atoms with van der Waals surface area (Å²) in [6.45, 7) is 6.40. The van der Waals surface area contributed by atoms with Crippen molar-refractivity contribution in [2.24, 2.45) is 11.8 Å². The van der Waals surface area contributed by atoms with E-state index >= 15 is 0 Å². The number of nitrogens with zero attached hydrogens (tertiary/aromatic N) is 6. The normalized spacial score (nSPS) is 22.8. The van der Waals surface area contributed by atoms with E-state index in [4.69, 9.17) is 4.74 Å². The lowest BCUT2D eigenvalue weighted by atomic mass is 9.89. The molecule has 2 fully saturated rings. The standard InChI is InChI=1S/C23H27FN6O2/c1-14(2)19-8-20(23-26-25-13-30(23)27-19)28-9-16-10-29(21(31)12-32-3)22(18(16)11-28)15-5-4-6-17(24)7-15/h4-8,13-14,16,18,22H,9-12H2,1-3H3/t16-,18-,22+/m1/s1. The summed E-state index contributed by atoms with van der Waals surface area (Å²) in [5, 5.41) is 13.0. The summed E-state index contributed by atoms with van der Waals surface area (Å²) < 4.78 is 20.9. The Balaban J connectivity index is 1.50. The van der Waals surface area contributed by atoms with E-state index in [-0.39, 0.29) is 42.1 Å². The number of aromatic nitrogens is 4. The quantitative estimate of drug-likeness (QED) is 0.610. The van der Waals surface area contributed by atoms with Crippen molar-refractivity contribution in [2.45, 2.75) is 25.8 Å². The van der Waals surface area contributed by atoms with Crippen molar-refractivity contribution in [3.8, 4) is 0 Å². The highest BCUT2D eigenvalue weighted by atomic mass is 19.1. The molecule has 0 radical (unpaired) electrons. The van der Waals surface area contributed by atoms with Crippen LogP contribution in [0.5, 0.6) is 0 Å². The molecule has 2 aliphatic rings. The van der Waals surface area contributed by atoms with Crippen molar-refractivity contribution in [1.29, 1.82) is 0 Å². The Kier molecular flexibility index (Phi) is 5.28. The minimum Gasteiger partial charge on any atom is -0.375 e. The van der Waals surface area contributed by atoms with Gasteiger partial charge >= 0.3 is 0 Å². The first-order valence-corrected chi connectivity index (χ1v) is 11.0. The van der Waals surface area contributed by atoms with Crippen LogP contribution in [0.3, 0.4) is 0 Å². The van der Waals surface area contributed by atoms with Crippen LogP contribution in [0.2, 0.25) is 0 Å². The van der Waals surface area contributed by atoms with Gasteiger partial charge in [-0.2, -0.15) is 9.61 Å². The van der Waals surface area contributed by atoms with Gasteiger partial charge in [-0.05, 0) is 29.7 Å². The Morgan fingerprint density at radius 1 is 1.25 bits per heavy atom. The number of likely N-dealkylation sites (tertiary alicyclic amines) is 1. The maximum absolute atomic E-state index is 14.1. The van der Waals surface area contributed by atoms with E-state index < -0.39 is 0 Å². The summed E-state index contributed by atoms with van der Waals surface area (Å²) in [5.74, 6) is 0.359. The summed E-state index contributed by atoms with van der Waals surface area (Å²) in [4.78, 5) is 17.0. The second-order valence-corrected chi connectivity index (χ2v) is 9.02. The Bertz CT molecular complexity index is 1150. The number of carbonyl (C=O) groups is 1. The lowest BCUT2D eigenvalue weighted by Crippen LogP contribution is -2.37. The number of rotatable bonds is 5. The second-order valence-electron chi connectivity index (χ2n) is 9.02. The third kappa shape index (κ3) is 3.50. The first-order valence-electron chi connectivity index (χ1n) is 11.0. The summed E-state index contributed by atoms with van der Waals surface area (Å²) in [6.07, 6.45) is 1.63. The number of hydrogen-bond acceptors (Lipinski definition) is 6. The number of anilines is 1. The van der Waals surface area contributed by atoms with Crippen LogP contribution < -0.4 is 4.90 Å². The van der Waals surface area contributed by atoms with Crippen LogP contribution in [-0.4, -0.2) is 64.0 Å². The van der Waals surface area contributed by atoms with E-state index in [9.17, 15) is 9.18 Å². The van der Waals surface area contributed by atoms with Crippen LogP contribution >= 0.6 is 0 Å². The molecule has 1 amide bonds. The fourth-order valence-corrected chi connectivity index (χ4v) is 5.17. The van der Waals surface area contributed by atoms with Gasteiger partial charge in [0.05, 0.1) is 17.4 Å². The Morgan fingerprint density at radius 3 is 2.84 bits per heavy atom. The zero-order valence-electron chi connectivity index (χ0n) is 18.5. The largest absolute Gasteiger partial charge is 0.375 e. The number of halogens is 1. The molecule has 3 atom stereocenters. The van der Waals surface area contributed by atoms with E-state index in [0.29, 0.717) is 6.54 Å². The van der Waals surface area contributed by atoms with Gasteiger partial charge in [-0.15, -0.1) is 10.2 Å². The molecule has 2 saturated heterocycles. The van der Waals surface area contributed by atoms with E-state index in [2.05, 4.69) is 40.1 Å². The molecule has 2 aliphatic heterocycles. The Labute approximate surface area is 186 Å². The summed E-state index contributed by atoms with van der Waals surface area (Å²) in [7, 11) is 1.52. The van der Waals surface area contributed by atoms with E-state index in [1.165, 1.54) is 13.2 Å². The minimum absolute atomic E-state index is 0.0252. The van der Waals surface area contributed by atoms with Crippen molar-refractivity contribution in [3.63, 3.8) is 0 Å². The van der Waals surface area contributed by atoms with Crippen LogP contribution in [0.15, 0.2) is 36.7 Å². The second kappa shape index (κ2) is 8.12. The van der Waals surface area contributed by atoms with Gasteiger partial charge in [0.15, 0.2) is 0 Å². The summed E-state index contributed by atoms with van der Waals surface area (Å²) >= 11 is 0. The molecule has 0 aliphatic carbocycles. The molecule has 2 aromatic heterocycles. The molecule has 168 valence electrons. The highest BCUT2D eigenvalue weighted by Crippen LogP contribution is 2.46. The van der Waals surface area contributed by atoms with Gasteiger partial charge in [0.2, 0.25) is 11.6 Å². The number of amides is 1. The molecule has 0 N–H and O–H groups in total. The van der Waals surface area contributed by atoms with Gasteiger partial charge in [-0.3, -0.25) is 4.79 Å². The predicted molar refractivity (Wildman–Crippen MR) is 117 cm³/mol. The van der Waals surface area contributed by atoms with Gasteiger partial charge in [0, 0.05) is 38.6 Å². The average molecular weight is 439 g/mol. The molecule has 1 aromatic carbocycles. The van der Waals surface area contributed by atoms with Crippen molar-refractivity contribution in [2.75, 3.05) is 38.3 Å². The molecule has 9 heteroatoms. The number of benzene rings is 1. The Morgan fingerprint density at radius 2 is 2.09 bits per heavy atom. The molecule has 4 heterocycles. The topological polar surface area (TPSA) is 75.9 Å². The van der Waals surface area contributed by atoms with Gasteiger partial charge in [0.1, 0.15) is 18.8 Å². The zero-order chi connectivity index (χ0) is 22.4. The van der Waals surface area contributed by atoms with Crippen LogP contribution in [0.25, 0.3) is 5.65 Å². The molecule has 5 rings (SSSR count). The smallest absolute Gasteiger partial charge is 0.249 e. The van der Waals surface area contributed by atoms with Gasteiger partial charge < -0.3 is 14.5 Å².